The standard InChI is InChI=1S/C11H12O4/c1-14-10-4-3-8(5-11(10)15-2)9(6-12)7-13/h3-7,12H,1-2H3/b9-6+. The van der Waals surface area contributed by atoms with Gasteiger partial charge in [0.2, 0.25) is 0 Å². The number of ether oxygens (including phenoxy) is 2. The van der Waals surface area contributed by atoms with E-state index in [4.69, 9.17) is 14.6 Å². The zero-order chi connectivity index (χ0) is 11.3. The molecular weight excluding hydrogens is 196 g/mol. The van der Waals surface area contributed by atoms with Crippen molar-refractivity contribution in [3.63, 3.8) is 0 Å². The first-order valence-corrected chi connectivity index (χ1v) is 4.28. The van der Waals surface area contributed by atoms with Gasteiger partial charge in [-0.1, -0.05) is 6.07 Å². The summed E-state index contributed by atoms with van der Waals surface area (Å²) in [5, 5.41) is 8.80. The Balaban J connectivity index is 3.18. The fraction of sp³-hybridized carbons (Fsp3) is 0.182. The van der Waals surface area contributed by atoms with Crippen molar-refractivity contribution in [2.45, 2.75) is 0 Å². The van der Waals surface area contributed by atoms with Crippen LogP contribution in [0.5, 0.6) is 11.5 Å². The van der Waals surface area contributed by atoms with Crippen molar-refractivity contribution in [1.29, 1.82) is 0 Å². The second-order valence-corrected chi connectivity index (χ2v) is 2.77. The first-order chi connectivity index (χ1) is 7.26. The van der Waals surface area contributed by atoms with E-state index in [1.54, 1.807) is 18.2 Å². The summed E-state index contributed by atoms with van der Waals surface area (Å²) in [6.07, 6.45) is 1.33. The maximum Gasteiger partial charge on any atom is 0.161 e. The van der Waals surface area contributed by atoms with Crippen molar-refractivity contribution in [2.75, 3.05) is 14.2 Å². The average molecular weight is 208 g/mol. The monoisotopic (exact) mass is 208 g/mol. The smallest absolute Gasteiger partial charge is 0.161 e. The van der Waals surface area contributed by atoms with Gasteiger partial charge in [0, 0.05) is 0 Å². The van der Waals surface area contributed by atoms with Gasteiger partial charge in [0.05, 0.1) is 26.1 Å². The highest BCUT2D eigenvalue weighted by molar-refractivity contribution is 6.06. The van der Waals surface area contributed by atoms with E-state index >= 15 is 0 Å². The first kappa shape index (κ1) is 11.1. The number of aliphatic hydroxyl groups is 1. The number of rotatable bonds is 4. The molecular formula is C11H12O4. The lowest BCUT2D eigenvalue weighted by molar-refractivity contribution is -0.103. The molecule has 0 saturated carbocycles. The summed E-state index contributed by atoms with van der Waals surface area (Å²) >= 11 is 0. The van der Waals surface area contributed by atoms with Gasteiger partial charge in [-0.3, -0.25) is 4.79 Å². The Labute approximate surface area is 87.7 Å². The molecule has 0 aliphatic heterocycles. The molecule has 0 bridgehead atoms. The van der Waals surface area contributed by atoms with E-state index in [-0.39, 0.29) is 5.57 Å². The van der Waals surface area contributed by atoms with Gasteiger partial charge in [-0.15, -0.1) is 0 Å². The van der Waals surface area contributed by atoms with E-state index in [0.717, 1.165) is 6.26 Å². The van der Waals surface area contributed by atoms with Crippen LogP contribution in [0.3, 0.4) is 0 Å². The van der Waals surface area contributed by atoms with E-state index < -0.39 is 0 Å². The normalized spacial score (nSPS) is 10.9. The van der Waals surface area contributed by atoms with Crippen LogP contribution in [0.25, 0.3) is 5.57 Å². The summed E-state index contributed by atoms with van der Waals surface area (Å²) < 4.78 is 10.1. The van der Waals surface area contributed by atoms with Gasteiger partial charge in [0.15, 0.2) is 17.8 Å². The highest BCUT2D eigenvalue weighted by Crippen LogP contribution is 2.29. The molecule has 0 saturated heterocycles. The number of hydrogen-bond acceptors (Lipinski definition) is 4. The van der Waals surface area contributed by atoms with Crippen LogP contribution in [0.4, 0.5) is 0 Å². The Kier molecular flexibility index (Phi) is 3.74. The van der Waals surface area contributed by atoms with Gasteiger partial charge < -0.3 is 14.6 Å². The molecule has 80 valence electrons. The number of allylic oxidation sites excluding steroid dienone is 1. The summed E-state index contributed by atoms with van der Waals surface area (Å²) in [6, 6.07) is 4.95. The molecule has 0 radical (unpaired) electrons. The Morgan fingerprint density at radius 1 is 1.27 bits per heavy atom. The third-order valence-electron chi connectivity index (χ3n) is 1.98. The lowest BCUT2D eigenvalue weighted by atomic mass is 10.1. The number of hydrogen-bond donors (Lipinski definition) is 1. The van der Waals surface area contributed by atoms with Crippen LogP contribution < -0.4 is 9.47 Å². The second kappa shape index (κ2) is 5.05. The molecule has 0 aromatic heterocycles. The zero-order valence-electron chi connectivity index (χ0n) is 8.56. The Morgan fingerprint density at radius 3 is 2.40 bits per heavy atom. The van der Waals surface area contributed by atoms with Crippen LogP contribution >= 0.6 is 0 Å². The highest BCUT2D eigenvalue weighted by atomic mass is 16.5. The molecule has 15 heavy (non-hydrogen) atoms. The van der Waals surface area contributed by atoms with Crippen LogP contribution in [0.1, 0.15) is 5.56 Å². The second-order valence-electron chi connectivity index (χ2n) is 2.77. The fourth-order valence-corrected chi connectivity index (χ4v) is 1.19. The molecule has 1 N–H and O–H groups in total. The number of carbonyl (C=O) groups excluding carboxylic acids is 1. The molecule has 0 amide bonds. The van der Waals surface area contributed by atoms with E-state index in [1.165, 1.54) is 14.2 Å². The molecule has 0 unspecified atom stereocenters. The molecule has 1 aromatic carbocycles. The van der Waals surface area contributed by atoms with Gasteiger partial charge >= 0.3 is 0 Å². The molecule has 0 aliphatic rings. The van der Waals surface area contributed by atoms with E-state index in [0.29, 0.717) is 23.3 Å². The minimum Gasteiger partial charge on any atom is -0.515 e. The predicted molar refractivity (Wildman–Crippen MR) is 56.2 cm³/mol. The van der Waals surface area contributed by atoms with Gasteiger partial charge in [-0.2, -0.15) is 0 Å². The average Bonchev–Trinajstić information content (AvgIpc) is 2.30. The third-order valence-corrected chi connectivity index (χ3v) is 1.98. The van der Waals surface area contributed by atoms with E-state index in [2.05, 4.69) is 0 Å². The first-order valence-electron chi connectivity index (χ1n) is 4.28. The Bertz CT molecular complexity index is 382. The molecule has 0 aliphatic carbocycles. The van der Waals surface area contributed by atoms with Crippen molar-refractivity contribution in [1.82, 2.24) is 0 Å². The molecule has 4 nitrogen and oxygen atoms in total. The van der Waals surface area contributed by atoms with Crippen molar-refractivity contribution >= 4 is 11.9 Å². The number of carbonyl (C=O) groups is 1. The van der Waals surface area contributed by atoms with Crippen LogP contribution in [0.15, 0.2) is 24.5 Å². The number of aliphatic hydroxyl groups excluding tert-OH is 1. The summed E-state index contributed by atoms with van der Waals surface area (Å²) in [6.45, 7) is 0. The SMILES string of the molecule is COc1ccc(/C(C=O)=C/O)cc1OC. The summed E-state index contributed by atoms with van der Waals surface area (Å²) in [5.41, 5.74) is 0.765. The highest BCUT2D eigenvalue weighted by Gasteiger charge is 2.07. The quantitative estimate of drug-likeness (QED) is 0.465. The topological polar surface area (TPSA) is 55.8 Å². The van der Waals surface area contributed by atoms with Crippen LogP contribution in [0.2, 0.25) is 0 Å². The number of aldehydes is 1. The summed E-state index contributed by atoms with van der Waals surface area (Å²) in [7, 11) is 3.03. The summed E-state index contributed by atoms with van der Waals surface area (Å²) in [4.78, 5) is 10.6. The third kappa shape index (κ3) is 2.28. The van der Waals surface area contributed by atoms with Gasteiger partial charge in [0.25, 0.3) is 0 Å². The zero-order valence-corrected chi connectivity index (χ0v) is 8.56. The summed E-state index contributed by atoms with van der Waals surface area (Å²) in [5.74, 6) is 1.08. The van der Waals surface area contributed by atoms with E-state index in [9.17, 15) is 4.79 Å². The lowest BCUT2D eigenvalue weighted by Crippen LogP contribution is -1.93. The minimum absolute atomic E-state index is 0.191. The maximum atomic E-state index is 10.6. The molecule has 1 aromatic rings. The molecule has 4 heteroatoms. The molecule has 0 atom stereocenters. The molecule has 0 spiro atoms. The maximum absolute atomic E-state index is 10.6. The van der Waals surface area contributed by atoms with Gasteiger partial charge in [-0.05, 0) is 17.7 Å². The van der Waals surface area contributed by atoms with Crippen molar-refractivity contribution in [3.8, 4) is 11.5 Å². The van der Waals surface area contributed by atoms with Crippen molar-refractivity contribution in [3.05, 3.63) is 30.0 Å². The van der Waals surface area contributed by atoms with Gasteiger partial charge in [0.1, 0.15) is 0 Å². The van der Waals surface area contributed by atoms with E-state index in [1.807, 2.05) is 0 Å². The predicted octanol–water partition coefficient (Wildman–Crippen LogP) is 1.80. The van der Waals surface area contributed by atoms with Crippen molar-refractivity contribution in [2.24, 2.45) is 0 Å². The van der Waals surface area contributed by atoms with Gasteiger partial charge in [-0.25, -0.2) is 0 Å². The largest absolute Gasteiger partial charge is 0.515 e. The van der Waals surface area contributed by atoms with Crippen LogP contribution in [-0.4, -0.2) is 25.6 Å². The van der Waals surface area contributed by atoms with Crippen LogP contribution in [0, 0.1) is 0 Å². The number of benzene rings is 1. The van der Waals surface area contributed by atoms with Crippen molar-refractivity contribution < 1.29 is 19.4 Å². The number of methoxy groups -OCH3 is 2. The lowest BCUT2D eigenvalue weighted by Gasteiger charge is -2.08. The fourth-order valence-electron chi connectivity index (χ4n) is 1.19. The minimum atomic E-state index is 0.191. The Morgan fingerprint density at radius 2 is 1.93 bits per heavy atom. The molecule has 0 fully saturated rings. The molecule has 1 rings (SSSR count). The molecule has 0 heterocycles. The Hall–Kier alpha value is -1.97. The van der Waals surface area contributed by atoms with Crippen LogP contribution in [-0.2, 0) is 4.79 Å².